The number of nitrogens with one attached hydrogen (secondary N) is 1. The van der Waals surface area contributed by atoms with E-state index >= 15 is 0 Å². The fraction of sp³-hybridized carbons (Fsp3) is 0.467. The quantitative estimate of drug-likeness (QED) is 0.606. The fourth-order valence-electron chi connectivity index (χ4n) is 1.87. The number of benzene rings is 1. The van der Waals surface area contributed by atoms with Crippen molar-refractivity contribution in [3.8, 4) is 17.2 Å². The molecule has 1 aromatic rings. The molecule has 2 rings (SSSR count). The molecule has 1 N–H and O–H groups in total. The Labute approximate surface area is 114 Å². The maximum Gasteiger partial charge on any atom is 0.231 e. The van der Waals surface area contributed by atoms with Crippen LogP contribution in [0, 0.1) is 0 Å². The summed E-state index contributed by atoms with van der Waals surface area (Å²) >= 11 is 0. The molecule has 0 radical (unpaired) electrons. The average Bonchev–Trinajstić information content (AvgIpc) is 2.86. The molecule has 0 amide bonds. The summed E-state index contributed by atoms with van der Waals surface area (Å²) in [6, 6.07) is 3.91. The Morgan fingerprint density at radius 2 is 2.11 bits per heavy atom. The SMILES string of the molecule is C/C=C/COc1cc2c(cc1CNCCC)OCO2. The lowest BCUT2D eigenvalue weighted by molar-refractivity contribution is 0.174. The molecule has 0 unspecified atom stereocenters. The largest absolute Gasteiger partial charge is 0.489 e. The molecule has 0 saturated heterocycles. The van der Waals surface area contributed by atoms with Crippen molar-refractivity contribution in [2.75, 3.05) is 19.9 Å². The van der Waals surface area contributed by atoms with Crippen LogP contribution >= 0.6 is 0 Å². The van der Waals surface area contributed by atoms with Gasteiger partial charge in [0, 0.05) is 18.2 Å². The molecular formula is C15H21NO3. The second-order valence-corrected chi connectivity index (χ2v) is 4.37. The van der Waals surface area contributed by atoms with Gasteiger partial charge in [-0.25, -0.2) is 0 Å². The minimum atomic E-state index is 0.287. The van der Waals surface area contributed by atoms with E-state index in [0.717, 1.165) is 42.3 Å². The van der Waals surface area contributed by atoms with Crippen molar-refractivity contribution in [1.29, 1.82) is 0 Å². The van der Waals surface area contributed by atoms with Gasteiger partial charge in [-0.05, 0) is 26.0 Å². The van der Waals surface area contributed by atoms with Crippen molar-refractivity contribution in [2.45, 2.75) is 26.8 Å². The topological polar surface area (TPSA) is 39.7 Å². The number of allylic oxidation sites excluding steroid dienone is 1. The van der Waals surface area contributed by atoms with Crippen LogP contribution in [-0.2, 0) is 6.54 Å². The van der Waals surface area contributed by atoms with Crippen molar-refractivity contribution in [3.63, 3.8) is 0 Å². The van der Waals surface area contributed by atoms with Crippen molar-refractivity contribution in [1.82, 2.24) is 5.32 Å². The third-order valence-corrected chi connectivity index (χ3v) is 2.87. The predicted molar refractivity (Wildman–Crippen MR) is 74.9 cm³/mol. The van der Waals surface area contributed by atoms with E-state index < -0.39 is 0 Å². The highest BCUT2D eigenvalue weighted by Crippen LogP contribution is 2.38. The Morgan fingerprint density at radius 1 is 1.32 bits per heavy atom. The molecule has 0 saturated carbocycles. The Hall–Kier alpha value is -1.68. The lowest BCUT2D eigenvalue weighted by Gasteiger charge is -2.12. The summed E-state index contributed by atoms with van der Waals surface area (Å²) in [6.45, 7) is 6.74. The summed E-state index contributed by atoms with van der Waals surface area (Å²) in [4.78, 5) is 0. The molecule has 0 atom stereocenters. The molecule has 0 fully saturated rings. The summed E-state index contributed by atoms with van der Waals surface area (Å²) in [5.41, 5.74) is 1.10. The van der Waals surface area contributed by atoms with Gasteiger partial charge in [-0.2, -0.15) is 0 Å². The Morgan fingerprint density at radius 3 is 2.84 bits per heavy atom. The molecule has 0 bridgehead atoms. The number of hydrogen-bond acceptors (Lipinski definition) is 4. The molecule has 4 nitrogen and oxygen atoms in total. The van der Waals surface area contributed by atoms with Gasteiger partial charge in [-0.3, -0.25) is 0 Å². The highest BCUT2D eigenvalue weighted by molar-refractivity contribution is 5.51. The van der Waals surface area contributed by atoms with E-state index in [1.807, 2.05) is 31.2 Å². The molecule has 19 heavy (non-hydrogen) atoms. The summed E-state index contributed by atoms with van der Waals surface area (Å²) in [7, 11) is 0. The van der Waals surface area contributed by atoms with Crippen LogP contribution in [-0.4, -0.2) is 19.9 Å². The van der Waals surface area contributed by atoms with Crippen LogP contribution in [0.2, 0.25) is 0 Å². The van der Waals surface area contributed by atoms with Gasteiger partial charge in [0.1, 0.15) is 12.4 Å². The minimum Gasteiger partial charge on any atom is -0.489 e. The first-order chi connectivity index (χ1) is 9.35. The summed E-state index contributed by atoms with van der Waals surface area (Å²) in [6.07, 6.45) is 5.06. The summed E-state index contributed by atoms with van der Waals surface area (Å²) in [5.74, 6) is 2.41. The van der Waals surface area contributed by atoms with Gasteiger partial charge < -0.3 is 19.5 Å². The predicted octanol–water partition coefficient (Wildman–Crippen LogP) is 2.87. The zero-order chi connectivity index (χ0) is 13.5. The number of hydrogen-bond donors (Lipinski definition) is 1. The molecule has 1 aliphatic rings. The second-order valence-electron chi connectivity index (χ2n) is 4.37. The van der Waals surface area contributed by atoms with E-state index in [2.05, 4.69) is 12.2 Å². The van der Waals surface area contributed by atoms with Gasteiger partial charge in [0.15, 0.2) is 11.5 Å². The molecule has 104 valence electrons. The number of ether oxygens (including phenoxy) is 3. The van der Waals surface area contributed by atoms with E-state index in [9.17, 15) is 0 Å². The fourth-order valence-corrected chi connectivity index (χ4v) is 1.87. The Balaban J connectivity index is 2.12. The van der Waals surface area contributed by atoms with Crippen LogP contribution in [0.1, 0.15) is 25.8 Å². The van der Waals surface area contributed by atoms with Crippen molar-refractivity contribution < 1.29 is 14.2 Å². The smallest absolute Gasteiger partial charge is 0.231 e. The van der Waals surface area contributed by atoms with E-state index in [1.165, 1.54) is 0 Å². The van der Waals surface area contributed by atoms with Crippen LogP contribution < -0.4 is 19.5 Å². The zero-order valence-electron chi connectivity index (χ0n) is 11.6. The molecule has 4 heteroatoms. The van der Waals surface area contributed by atoms with E-state index in [1.54, 1.807) is 0 Å². The number of fused-ring (bicyclic) bond motifs is 1. The lowest BCUT2D eigenvalue weighted by Crippen LogP contribution is -2.14. The van der Waals surface area contributed by atoms with Crippen molar-refractivity contribution >= 4 is 0 Å². The summed E-state index contributed by atoms with van der Waals surface area (Å²) in [5, 5.41) is 3.38. The van der Waals surface area contributed by atoms with Crippen LogP contribution in [0.5, 0.6) is 17.2 Å². The molecule has 0 aliphatic carbocycles. The second kappa shape index (κ2) is 7.04. The lowest BCUT2D eigenvalue weighted by atomic mass is 10.1. The standard InChI is InChI=1S/C15H21NO3/c1-3-5-7-17-13-9-15-14(18-11-19-15)8-12(13)10-16-6-4-2/h3,5,8-9,16H,4,6-7,10-11H2,1-2H3/b5-3+. The molecule has 1 aromatic carbocycles. The Kier molecular flexibility index (Phi) is 5.10. The van der Waals surface area contributed by atoms with Gasteiger partial charge in [-0.15, -0.1) is 0 Å². The number of rotatable bonds is 7. The molecule has 0 spiro atoms. The van der Waals surface area contributed by atoms with E-state index in [4.69, 9.17) is 14.2 Å². The Bertz CT molecular complexity index is 443. The summed E-state index contributed by atoms with van der Waals surface area (Å²) < 4.78 is 16.6. The van der Waals surface area contributed by atoms with Gasteiger partial charge in [0.2, 0.25) is 6.79 Å². The van der Waals surface area contributed by atoms with Gasteiger partial charge in [0.05, 0.1) is 0 Å². The molecule has 1 aliphatic heterocycles. The normalized spacial score (nSPS) is 13.2. The minimum absolute atomic E-state index is 0.287. The zero-order valence-corrected chi connectivity index (χ0v) is 11.6. The monoisotopic (exact) mass is 263 g/mol. The third kappa shape index (κ3) is 3.64. The third-order valence-electron chi connectivity index (χ3n) is 2.87. The van der Waals surface area contributed by atoms with Gasteiger partial charge >= 0.3 is 0 Å². The van der Waals surface area contributed by atoms with Gasteiger partial charge in [-0.1, -0.05) is 19.1 Å². The first kappa shape index (κ1) is 13.7. The van der Waals surface area contributed by atoms with E-state index in [-0.39, 0.29) is 6.79 Å². The molecular weight excluding hydrogens is 242 g/mol. The maximum absolute atomic E-state index is 5.77. The van der Waals surface area contributed by atoms with Crippen molar-refractivity contribution in [2.24, 2.45) is 0 Å². The molecule has 0 aromatic heterocycles. The van der Waals surface area contributed by atoms with Crippen LogP contribution in [0.3, 0.4) is 0 Å². The average molecular weight is 263 g/mol. The van der Waals surface area contributed by atoms with Crippen molar-refractivity contribution in [3.05, 3.63) is 29.8 Å². The highest BCUT2D eigenvalue weighted by atomic mass is 16.7. The maximum atomic E-state index is 5.77. The van der Waals surface area contributed by atoms with Crippen LogP contribution in [0.15, 0.2) is 24.3 Å². The van der Waals surface area contributed by atoms with Gasteiger partial charge in [0.25, 0.3) is 0 Å². The first-order valence-corrected chi connectivity index (χ1v) is 6.72. The molecule has 1 heterocycles. The van der Waals surface area contributed by atoms with Crippen LogP contribution in [0.25, 0.3) is 0 Å². The highest BCUT2D eigenvalue weighted by Gasteiger charge is 2.17. The van der Waals surface area contributed by atoms with Crippen LogP contribution in [0.4, 0.5) is 0 Å². The van der Waals surface area contributed by atoms with E-state index in [0.29, 0.717) is 6.61 Å². The first-order valence-electron chi connectivity index (χ1n) is 6.72.